The average Bonchev–Trinajstić information content (AvgIpc) is 3.47. The Bertz CT molecular complexity index is 1230. The topological polar surface area (TPSA) is 86.9 Å². The maximum atomic E-state index is 13.0. The fourth-order valence-corrected chi connectivity index (χ4v) is 2.99. The summed E-state index contributed by atoms with van der Waals surface area (Å²) in [4.78, 5) is 16.9. The first-order valence-corrected chi connectivity index (χ1v) is 9.39. The lowest BCUT2D eigenvalue weighted by Gasteiger charge is -2.08. The molecule has 0 aliphatic carbocycles. The summed E-state index contributed by atoms with van der Waals surface area (Å²) in [6.45, 7) is 0.176. The molecule has 4 aromatic rings. The van der Waals surface area contributed by atoms with E-state index in [-0.39, 0.29) is 23.7 Å². The molecular formula is C21H17F3N6O2. The Labute approximate surface area is 180 Å². The second kappa shape index (κ2) is 8.53. The van der Waals surface area contributed by atoms with E-state index in [0.717, 1.165) is 17.7 Å². The Balaban J connectivity index is 1.53. The van der Waals surface area contributed by atoms with Crippen molar-refractivity contribution in [3.8, 4) is 17.3 Å². The fourth-order valence-electron chi connectivity index (χ4n) is 2.99. The van der Waals surface area contributed by atoms with Gasteiger partial charge in [-0.05, 0) is 42.0 Å². The number of nitrogens with zero attached hydrogens (tertiary/aromatic N) is 5. The van der Waals surface area contributed by atoms with Crippen LogP contribution in [0, 0.1) is 0 Å². The van der Waals surface area contributed by atoms with E-state index in [1.807, 2.05) is 0 Å². The Morgan fingerprint density at radius 1 is 1.12 bits per heavy atom. The van der Waals surface area contributed by atoms with Gasteiger partial charge < -0.3 is 10.1 Å². The third kappa shape index (κ3) is 4.46. The van der Waals surface area contributed by atoms with Crippen molar-refractivity contribution in [2.45, 2.75) is 12.7 Å². The zero-order chi connectivity index (χ0) is 22.7. The van der Waals surface area contributed by atoms with E-state index in [1.165, 1.54) is 30.1 Å². The molecular weight excluding hydrogens is 425 g/mol. The lowest BCUT2D eigenvalue weighted by atomic mass is 10.2. The molecule has 0 unspecified atom stereocenters. The van der Waals surface area contributed by atoms with Crippen LogP contribution in [0.4, 0.5) is 13.2 Å². The molecule has 8 nitrogen and oxygen atoms in total. The zero-order valence-corrected chi connectivity index (χ0v) is 16.7. The van der Waals surface area contributed by atoms with Crippen molar-refractivity contribution in [3.05, 3.63) is 84.1 Å². The average molecular weight is 442 g/mol. The first-order valence-electron chi connectivity index (χ1n) is 9.39. The maximum Gasteiger partial charge on any atom is 0.416 e. The number of rotatable bonds is 6. The first kappa shape index (κ1) is 21.1. The molecule has 3 heterocycles. The highest BCUT2D eigenvalue weighted by molar-refractivity contribution is 5.94. The van der Waals surface area contributed by atoms with E-state index in [0.29, 0.717) is 5.82 Å². The van der Waals surface area contributed by atoms with Crippen LogP contribution >= 0.6 is 0 Å². The normalized spacial score (nSPS) is 11.4. The van der Waals surface area contributed by atoms with Crippen LogP contribution in [0.25, 0.3) is 11.5 Å². The van der Waals surface area contributed by atoms with E-state index in [2.05, 4.69) is 20.5 Å². The number of carbonyl (C=O) groups is 1. The van der Waals surface area contributed by atoms with Gasteiger partial charge in [0.2, 0.25) is 0 Å². The number of halogens is 3. The fraction of sp³-hybridized carbons (Fsp3) is 0.143. The summed E-state index contributed by atoms with van der Waals surface area (Å²) in [6, 6.07) is 9.91. The molecule has 1 amide bonds. The lowest BCUT2D eigenvalue weighted by Crippen LogP contribution is -2.24. The van der Waals surface area contributed by atoms with Crippen molar-refractivity contribution in [2.75, 3.05) is 7.11 Å². The third-order valence-electron chi connectivity index (χ3n) is 4.56. The van der Waals surface area contributed by atoms with Gasteiger partial charge in [0.05, 0.1) is 24.6 Å². The van der Waals surface area contributed by atoms with Crippen LogP contribution in [-0.2, 0) is 12.7 Å². The van der Waals surface area contributed by atoms with Gasteiger partial charge in [0.25, 0.3) is 5.91 Å². The monoisotopic (exact) mass is 442 g/mol. The minimum absolute atomic E-state index is 0.0498. The van der Waals surface area contributed by atoms with Crippen LogP contribution in [0.15, 0.2) is 67.3 Å². The number of carbonyl (C=O) groups excluding carboxylic acids is 1. The highest BCUT2D eigenvalue weighted by Crippen LogP contribution is 2.30. The van der Waals surface area contributed by atoms with Gasteiger partial charge in [-0.25, -0.2) is 14.3 Å². The van der Waals surface area contributed by atoms with Gasteiger partial charge in [-0.1, -0.05) is 6.07 Å². The highest BCUT2D eigenvalue weighted by Gasteiger charge is 2.30. The predicted octanol–water partition coefficient (Wildman–Crippen LogP) is 3.41. The van der Waals surface area contributed by atoms with Crippen LogP contribution in [0.1, 0.15) is 21.6 Å². The van der Waals surface area contributed by atoms with Gasteiger partial charge in [-0.2, -0.15) is 23.4 Å². The summed E-state index contributed by atoms with van der Waals surface area (Å²) >= 11 is 0. The van der Waals surface area contributed by atoms with Crippen molar-refractivity contribution in [1.29, 1.82) is 0 Å². The van der Waals surface area contributed by atoms with Gasteiger partial charge >= 0.3 is 6.18 Å². The van der Waals surface area contributed by atoms with E-state index in [4.69, 9.17) is 4.74 Å². The summed E-state index contributed by atoms with van der Waals surface area (Å²) < 4.78 is 47.0. The number of benzene rings is 1. The smallest absolute Gasteiger partial charge is 0.416 e. The number of ether oxygens (including phenoxy) is 1. The molecule has 0 saturated carbocycles. The SMILES string of the molecule is COc1cn(-c2cccc(C(F)(F)F)c2)nc1C(=O)NCc1ccnc(-n2cccn2)c1. The molecule has 0 bridgehead atoms. The molecule has 0 atom stereocenters. The first-order chi connectivity index (χ1) is 15.3. The lowest BCUT2D eigenvalue weighted by molar-refractivity contribution is -0.137. The van der Waals surface area contributed by atoms with Gasteiger partial charge in [-0.3, -0.25) is 4.79 Å². The Morgan fingerprint density at radius 3 is 2.69 bits per heavy atom. The number of hydrogen-bond donors (Lipinski definition) is 1. The molecule has 3 aromatic heterocycles. The molecule has 4 rings (SSSR count). The summed E-state index contributed by atoms with van der Waals surface area (Å²) in [5, 5.41) is 11.0. The molecule has 1 aromatic carbocycles. The summed E-state index contributed by atoms with van der Waals surface area (Å²) in [7, 11) is 1.35. The molecule has 0 fully saturated rings. The van der Waals surface area contributed by atoms with E-state index < -0.39 is 17.6 Å². The minimum atomic E-state index is -4.49. The van der Waals surface area contributed by atoms with Crippen molar-refractivity contribution in [2.24, 2.45) is 0 Å². The van der Waals surface area contributed by atoms with Gasteiger partial charge in [0, 0.05) is 25.1 Å². The van der Waals surface area contributed by atoms with Crippen LogP contribution in [0.5, 0.6) is 5.75 Å². The van der Waals surface area contributed by atoms with Crippen LogP contribution in [0.2, 0.25) is 0 Å². The van der Waals surface area contributed by atoms with Crippen molar-refractivity contribution in [1.82, 2.24) is 29.9 Å². The number of pyridine rings is 1. The second-order valence-corrected chi connectivity index (χ2v) is 6.69. The maximum absolute atomic E-state index is 13.0. The van der Waals surface area contributed by atoms with E-state index in [1.54, 1.807) is 41.5 Å². The summed E-state index contributed by atoms with van der Waals surface area (Å²) in [5.41, 5.74) is 0.0534. The summed E-state index contributed by atoms with van der Waals surface area (Å²) in [5.74, 6) is 0.185. The summed E-state index contributed by atoms with van der Waals surface area (Å²) in [6.07, 6.45) is 1.83. The largest absolute Gasteiger partial charge is 0.493 e. The van der Waals surface area contributed by atoms with Gasteiger partial charge in [0.15, 0.2) is 17.3 Å². The molecule has 0 aliphatic rings. The Kier molecular flexibility index (Phi) is 5.63. The molecule has 0 radical (unpaired) electrons. The number of amides is 1. The van der Waals surface area contributed by atoms with Crippen molar-refractivity contribution >= 4 is 5.91 Å². The highest BCUT2D eigenvalue weighted by atomic mass is 19.4. The van der Waals surface area contributed by atoms with Crippen LogP contribution in [-0.4, -0.2) is 37.6 Å². The number of aromatic nitrogens is 5. The van der Waals surface area contributed by atoms with Crippen LogP contribution < -0.4 is 10.1 Å². The number of hydrogen-bond acceptors (Lipinski definition) is 5. The second-order valence-electron chi connectivity index (χ2n) is 6.69. The molecule has 1 N–H and O–H groups in total. The third-order valence-corrected chi connectivity index (χ3v) is 4.56. The predicted molar refractivity (Wildman–Crippen MR) is 108 cm³/mol. The molecule has 32 heavy (non-hydrogen) atoms. The van der Waals surface area contributed by atoms with E-state index in [9.17, 15) is 18.0 Å². The molecule has 0 spiro atoms. The minimum Gasteiger partial charge on any atom is -0.493 e. The van der Waals surface area contributed by atoms with Gasteiger partial charge in [0.1, 0.15) is 0 Å². The standard InChI is InChI=1S/C21H17F3N6O2/c1-32-17-13-30(16-5-2-4-15(11-16)21(22,23)24)28-19(17)20(31)26-12-14-6-8-25-18(10-14)29-9-3-7-27-29/h2-11,13H,12H2,1H3,(H,26,31). The number of methoxy groups -OCH3 is 1. The molecule has 11 heteroatoms. The zero-order valence-electron chi connectivity index (χ0n) is 16.7. The number of nitrogens with one attached hydrogen (secondary N) is 1. The Hall–Kier alpha value is -4.15. The van der Waals surface area contributed by atoms with E-state index >= 15 is 0 Å². The molecule has 0 aliphatic heterocycles. The molecule has 0 saturated heterocycles. The quantitative estimate of drug-likeness (QED) is 0.495. The number of alkyl halides is 3. The van der Waals surface area contributed by atoms with Gasteiger partial charge in [-0.15, -0.1) is 0 Å². The van der Waals surface area contributed by atoms with Crippen molar-refractivity contribution in [3.63, 3.8) is 0 Å². The van der Waals surface area contributed by atoms with Crippen molar-refractivity contribution < 1.29 is 22.7 Å². The molecule has 164 valence electrons. The Morgan fingerprint density at radius 2 is 1.97 bits per heavy atom. The van der Waals surface area contributed by atoms with Crippen LogP contribution in [0.3, 0.4) is 0 Å².